The highest BCUT2D eigenvalue weighted by atomic mass is 16.2. The van der Waals surface area contributed by atoms with Crippen molar-refractivity contribution in [2.24, 2.45) is 0 Å². The molecule has 1 aliphatic heterocycles. The molecule has 0 aliphatic carbocycles. The number of aliphatic hydroxyl groups excluding tert-OH is 1. The average molecular weight is 286 g/mol. The summed E-state index contributed by atoms with van der Waals surface area (Å²) in [6.45, 7) is 2.36. The second kappa shape index (κ2) is 8.33. The Morgan fingerprint density at radius 2 is 1.90 bits per heavy atom. The lowest BCUT2D eigenvalue weighted by Crippen LogP contribution is -2.42. The van der Waals surface area contributed by atoms with E-state index in [4.69, 9.17) is 5.11 Å². The first-order chi connectivity index (χ1) is 10.3. The molecule has 1 saturated heterocycles. The Morgan fingerprint density at radius 3 is 2.57 bits per heavy atom. The molecular formula is C17H22N2O2. The third kappa shape index (κ3) is 5.13. The number of hydrogen-bond acceptors (Lipinski definition) is 2. The van der Waals surface area contributed by atoms with Crippen molar-refractivity contribution in [3.8, 4) is 11.8 Å². The number of carbonyl (C=O) groups excluding carboxylic acids is 1. The number of amides is 2. The summed E-state index contributed by atoms with van der Waals surface area (Å²) in [5.74, 6) is 5.87. The topological polar surface area (TPSA) is 52.6 Å². The number of nitrogens with zero attached hydrogens (tertiary/aromatic N) is 1. The number of carbonyl (C=O) groups is 1. The van der Waals surface area contributed by atoms with Crippen LogP contribution in [0.5, 0.6) is 0 Å². The quantitative estimate of drug-likeness (QED) is 0.836. The number of aliphatic hydroxyl groups is 1. The molecule has 1 fully saturated rings. The molecule has 4 heteroatoms. The maximum atomic E-state index is 12.0. The maximum absolute atomic E-state index is 12.0. The lowest BCUT2D eigenvalue weighted by Gasteiger charge is -2.26. The molecule has 0 aromatic heterocycles. The van der Waals surface area contributed by atoms with Gasteiger partial charge in [-0.2, -0.15) is 0 Å². The highest BCUT2D eigenvalue weighted by Gasteiger charge is 2.15. The lowest BCUT2D eigenvalue weighted by atomic mass is 10.1. The number of likely N-dealkylation sites (tertiary alicyclic amines) is 1. The number of hydrogen-bond donors (Lipinski definition) is 2. The van der Waals surface area contributed by atoms with Crippen LogP contribution in [0.25, 0.3) is 0 Å². The minimum absolute atomic E-state index is 0.0292. The van der Waals surface area contributed by atoms with Crippen LogP contribution in [-0.4, -0.2) is 35.7 Å². The summed E-state index contributed by atoms with van der Waals surface area (Å²) in [7, 11) is 0. The molecule has 0 atom stereocenters. The molecule has 0 saturated carbocycles. The van der Waals surface area contributed by atoms with E-state index in [9.17, 15) is 4.79 Å². The van der Waals surface area contributed by atoms with Crippen LogP contribution < -0.4 is 5.32 Å². The Labute approximate surface area is 126 Å². The molecule has 0 bridgehead atoms. The zero-order chi connectivity index (χ0) is 14.9. The van der Waals surface area contributed by atoms with E-state index in [1.807, 2.05) is 29.2 Å². The van der Waals surface area contributed by atoms with Gasteiger partial charge in [-0.25, -0.2) is 4.79 Å². The molecule has 2 N–H and O–H groups in total. The summed E-state index contributed by atoms with van der Waals surface area (Å²) < 4.78 is 0. The Hall–Kier alpha value is -1.99. The molecule has 0 unspecified atom stereocenters. The first-order valence-electron chi connectivity index (χ1n) is 7.51. The fourth-order valence-electron chi connectivity index (χ4n) is 2.31. The molecule has 0 spiro atoms. The van der Waals surface area contributed by atoms with Crippen LogP contribution in [0.4, 0.5) is 4.79 Å². The van der Waals surface area contributed by atoms with Gasteiger partial charge in [0.1, 0.15) is 0 Å². The van der Waals surface area contributed by atoms with Crippen LogP contribution in [-0.2, 0) is 6.54 Å². The second-order valence-electron chi connectivity index (χ2n) is 5.18. The van der Waals surface area contributed by atoms with E-state index in [-0.39, 0.29) is 12.6 Å². The van der Waals surface area contributed by atoms with Crippen molar-refractivity contribution in [2.75, 3.05) is 19.7 Å². The van der Waals surface area contributed by atoms with Crippen molar-refractivity contribution in [1.29, 1.82) is 0 Å². The highest BCUT2D eigenvalue weighted by molar-refractivity contribution is 5.74. The van der Waals surface area contributed by atoms with Crippen LogP contribution in [0, 0.1) is 11.8 Å². The van der Waals surface area contributed by atoms with Gasteiger partial charge in [0.15, 0.2) is 0 Å². The first-order valence-corrected chi connectivity index (χ1v) is 7.51. The first kappa shape index (κ1) is 15.4. The molecule has 21 heavy (non-hydrogen) atoms. The summed E-state index contributed by atoms with van der Waals surface area (Å²) in [6.07, 6.45) is 3.93. The molecule has 0 radical (unpaired) electrons. The molecule has 1 aliphatic rings. The molecular weight excluding hydrogens is 264 g/mol. The van der Waals surface area contributed by atoms with E-state index in [1.165, 1.54) is 6.42 Å². The fraction of sp³-hybridized carbons (Fsp3) is 0.471. The fourth-order valence-corrected chi connectivity index (χ4v) is 2.31. The van der Waals surface area contributed by atoms with Crippen molar-refractivity contribution in [3.05, 3.63) is 35.4 Å². The molecule has 1 aromatic rings. The third-order valence-electron chi connectivity index (χ3n) is 3.51. The summed E-state index contributed by atoms with van der Waals surface area (Å²) in [6, 6.07) is 7.85. The van der Waals surface area contributed by atoms with Crippen molar-refractivity contribution >= 4 is 6.03 Å². The maximum Gasteiger partial charge on any atom is 0.317 e. The van der Waals surface area contributed by atoms with Gasteiger partial charge in [-0.15, -0.1) is 0 Å². The van der Waals surface area contributed by atoms with Gasteiger partial charge in [-0.3, -0.25) is 0 Å². The minimum atomic E-state index is 0.0292. The van der Waals surface area contributed by atoms with Crippen molar-refractivity contribution < 1.29 is 9.90 Å². The summed E-state index contributed by atoms with van der Waals surface area (Å²) in [5.41, 5.74) is 1.99. The van der Waals surface area contributed by atoms with Crippen LogP contribution >= 0.6 is 0 Å². The van der Waals surface area contributed by atoms with Gasteiger partial charge in [0, 0.05) is 31.6 Å². The normalized spacial score (nSPS) is 14.2. The van der Waals surface area contributed by atoms with E-state index in [0.717, 1.165) is 37.1 Å². The molecule has 2 rings (SSSR count). The minimum Gasteiger partial charge on any atom is -0.395 e. The van der Waals surface area contributed by atoms with Crippen LogP contribution in [0.2, 0.25) is 0 Å². The number of piperidine rings is 1. The van der Waals surface area contributed by atoms with E-state index >= 15 is 0 Å². The summed E-state index contributed by atoms with van der Waals surface area (Å²) in [5, 5.41) is 11.6. The second-order valence-corrected chi connectivity index (χ2v) is 5.18. The van der Waals surface area contributed by atoms with Gasteiger partial charge in [0.2, 0.25) is 0 Å². The van der Waals surface area contributed by atoms with Crippen molar-refractivity contribution in [1.82, 2.24) is 10.2 Å². The molecule has 2 amide bonds. The molecule has 1 aromatic carbocycles. The zero-order valence-corrected chi connectivity index (χ0v) is 12.3. The van der Waals surface area contributed by atoms with Gasteiger partial charge >= 0.3 is 6.03 Å². The van der Waals surface area contributed by atoms with Gasteiger partial charge < -0.3 is 15.3 Å². The Balaban J connectivity index is 1.80. The van der Waals surface area contributed by atoms with Gasteiger partial charge in [0.05, 0.1) is 6.61 Å². The SMILES string of the molecule is O=C(NCc1ccc(C#CCCO)cc1)N1CCCCC1. The van der Waals surface area contributed by atoms with Crippen LogP contribution in [0.15, 0.2) is 24.3 Å². The van der Waals surface area contributed by atoms with Crippen molar-refractivity contribution in [3.63, 3.8) is 0 Å². The molecule has 1 heterocycles. The number of urea groups is 1. The van der Waals surface area contributed by atoms with Gasteiger partial charge in [-0.05, 0) is 37.0 Å². The standard InChI is InChI=1S/C17H22N2O2/c20-13-5-2-6-15-7-9-16(10-8-15)14-18-17(21)19-11-3-1-4-12-19/h7-10,20H,1,3-5,11-14H2,(H,18,21). The van der Waals surface area contributed by atoms with E-state index in [2.05, 4.69) is 17.2 Å². The highest BCUT2D eigenvalue weighted by Crippen LogP contribution is 2.09. The predicted octanol–water partition coefficient (Wildman–Crippen LogP) is 2.12. The zero-order valence-electron chi connectivity index (χ0n) is 12.3. The number of benzene rings is 1. The molecule has 112 valence electrons. The number of nitrogens with one attached hydrogen (secondary N) is 1. The van der Waals surface area contributed by atoms with Crippen LogP contribution in [0.3, 0.4) is 0 Å². The largest absolute Gasteiger partial charge is 0.395 e. The average Bonchev–Trinajstić information content (AvgIpc) is 2.55. The summed E-state index contributed by atoms with van der Waals surface area (Å²) in [4.78, 5) is 13.9. The van der Waals surface area contributed by atoms with E-state index in [0.29, 0.717) is 13.0 Å². The smallest absolute Gasteiger partial charge is 0.317 e. The Kier molecular flexibility index (Phi) is 6.11. The van der Waals surface area contributed by atoms with Crippen molar-refractivity contribution in [2.45, 2.75) is 32.2 Å². The predicted molar refractivity (Wildman–Crippen MR) is 82.7 cm³/mol. The lowest BCUT2D eigenvalue weighted by molar-refractivity contribution is 0.186. The Bertz CT molecular complexity index is 508. The van der Waals surface area contributed by atoms with E-state index < -0.39 is 0 Å². The van der Waals surface area contributed by atoms with Gasteiger partial charge in [-0.1, -0.05) is 24.0 Å². The van der Waals surface area contributed by atoms with Crippen LogP contribution in [0.1, 0.15) is 36.8 Å². The number of rotatable bonds is 3. The Morgan fingerprint density at radius 1 is 1.19 bits per heavy atom. The van der Waals surface area contributed by atoms with E-state index in [1.54, 1.807) is 0 Å². The molecule has 4 nitrogen and oxygen atoms in total. The van der Waals surface area contributed by atoms with Gasteiger partial charge in [0.25, 0.3) is 0 Å². The summed E-state index contributed by atoms with van der Waals surface area (Å²) >= 11 is 0. The monoisotopic (exact) mass is 286 g/mol. The third-order valence-corrected chi connectivity index (χ3v) is 3.51.